The zero-order valence-electron chi connectivity index (χ0n) is 6.94. The minimum atomic E-state index is -0.886. The third-order valence-electron chi connectivity index (χ3n) is 1.29. The summed E-state index contributed by atoms with van der Waals surface area (Å²) in [7, 11) is 0. The highest BCUT2D eigenvalue weighted by Crippen LogP contribution is 2.15. The normalized spacial score (nSPS) is 10.6. The predicted molar refractivity (Wildman–Crippen MR) is 45.3 cm³/mol. The molecule has 0 aliphatic rings. The van der Waals surface area contributed by atoms with Crippen molar-refractivity contribution >= 4 is 17.5 Å². The summed E-state index contributed by atoms with van der Waals surface area (Å²) < 4.78 is 3.93. The molecule has 5 heteroatoms. The number of aromatic nitrogens is 2. The predicted octanol–water partition coefficient (Wildman–Crippen LogP) is 1.29. The van der Waals surface area contributed by atoms with E-state index in [1.807, 2.05) is 13.8 Å². The number of hydrogen-bond acceptors (Lipinski definition) is 4. The number of nitrogens with zero attached hydrogens (tertiary/aromatic N) is 2. The van der Waals surface area contributed by atoms with E-state index in [2.05, 4.69) is 9.36 Å². The van der Waals surface area contributed by atoms with Crippen molar-refractivity contribution in [3.63, 3.8) is 0 Å². The molecule has 1 heterocycles. The van der Waals surface area contributed by atoms with Gasteiger partial charge in [0, 0.05) is 5.92 Å². The van der Waals surface area contributed by atoms with Crippen molar-refractivity contribution in [3.05, 3.63) is 10.8 Å². The van der Waals surface area contributed by atoms with Crippen molar-refractivity contribution < 1.29 is 9.90 Å². The zero-order valence-corrected chi connectivity index (χ0v) is 7.76. The lowest BCUT2D eigenvalue weighted by molar-refractivity contribution is -0.136. The van der Waals surface area contributed by atoms with Crippen molar-refractivity contribution in [2.45, 2.75) is 26.2 Å². The molecule has 1 aromatic heterocycles. The topological polar surface area (TPSA) is 63.1 Å². The molecule has 0 bridgehead atoms. The number of aliphatic carboxylic acids is 1. The van der Waals surface area contributed by atoms with Gasteiger partial charge in [0.1, 0.15) is 11.4 Å². The van der Waals surface area contributed by atoms with Gasteiger partial charge in [-0.2, -0.15) is 4.37 Å². The lowest BCUT2D eigenvalue weighted by Gasteiger charge is -1.93. The van der Waals surface area contributed by atoms with E-state index in [9.17, 15) is 4.79 Å². The maximum Gasteiger partial charge on any atom is 0.311 e. The van der Waals surface area contributed by atoms with Crippen LogP contribution in [-0.2, 0) is 11.2 Å². The van der Waals surface area contributed by atoms with Gasteiger partial charge in [-0.3, -0.25) is 4.79 Å². The molecule has 0 spiro atoms. The largest absolute Gasteiger partial charge is 0.481 e. The Kier molecular flexibility index (Phi) is 2.75. The van der Waals surface area contributed by atoms with Crippen molar-refractivity contribution in [3.8, 4) is 0 Å². The third kappa shape index (κ3) is 2.27. The van der Waals surface area contributed by atoms with Crippen LogP contribution in [0.1, 0.15) is 30.6 Å². The Morgan fingerprint density at radius 2 is 2.33 bits per heavy atom. The van der Waals surface area contributed by atoms with Crippen molar-refractivity contribution in [1.29, 1.82) is 0 Å². The van der Waals surface area contributed by atoms with E-state index in [4.69, 9.17) is 5.11 Å². The monoisotopic (exact) mass is 186 g/mol. The maximum absolute atomic E-state index is 10.3. The fraction of sp³-hybridized carbons (Fsp3) is 0.571. The van der Waals surface area contributed by atoms with Crippen LogP contribution in [0, 0.1) is 0 Å². The van der Waals surface area contributed by atoms with Gasteiger partial charge in [0.15, 0.2) is 5.82 Å². The van der Waals surface area contributed by atoms with Gasteiger partial charge in [-0.1, -0.05) is 13.8 Å². The van der Waals surface area contributed by atoms with E-state index in [0.29, 0.717) is 11.7 Å². The molecule has 0 radical (unpaired) electrons. The number of rotatable bonds is 3. The molecule has 0 aliphatic carbocycles. The molecule has 4 nitrogen and oxygen atoms in total. The van der Waals surface area contributed by atoms with Crippen molar-refractivity contribution in [1.82, 2.24) is 9.36 Å². The highest BCUT2D eigenvalue weighted by Gasteiger charge is 2.09. The summed E-state index contributed by atoms with van der Waals surface area (Å²) in [5.41, 5.74) is 0. The van der Waals surface area contributed by atoms with Crippen LogP contribution in [0.5, 0.6) is 0 Å². The Bertz CT molecular complexity index is 283. The summed E-state index contributed by atoms with van der Waals surface area (Å²) in [6.07, 6.45) is -0.0801. The summed E-state index contributed by atoms with van der Waals surface area (Å²) >= 11 is 1.28. The first-order valence-electron chi connectivity index (χ1n) is 3.64. The summed E-state index contributed by atoms with van der Waals surface area (Å²) in [5.74, 6) is -0.149. The fourth-order valence-electron chi connectivity index (χ4n) is 0.709. The molecule has 12 heavy (non-hydrogen) atoms. The second kappa shape index (κ2) is 3.62. The first kappa shape index (κ1) is 9.12. The van der Waals surface area contributed by atoms with Crippen LogP contribution >= 0.6 is 11.5 Å². The van der Waals surface area contributed by atoms with Gasteiger partial charge in [-0.25, -0.2) is 4.98 Å². The molecule has 0 atom stereocenters. The third-order valence-corrected chi connectivity index (χ3v) is 2.34. The second-order valence-corrected chi connectivity index (χ2v) is 3.56. The Morgan fingerprint density at radius 1 is 1.67 bits per heavy atom. The highest BCUT2D eigenvalue weighted by atomic mass is 32.1. The van der Waals surface area contributed by atoms with Gasteiger partial charge in [0.25, 0.3) is 0 Å². The van der Waals surface area contributed by atoms with Crippen LogP contribution in [0.2, 0.25) is 0 Å². The van der Waals surface area contributed by atoms with Gasteiger partial charge < -0.3 is 5.11 Å². The average molecular weight is 186 g/mol. The van der Waals surface area contributed by atoms with Gasteiger partial charge in [-0.05, 0) is 11.5 Å². The number of carbonyl (C=O) groups is 1. The van der Waals surface area contributed by atoms with Crippen molar-refractivity contribution in [2.24, 2.45) is 0 Å². The van der Waals surface area contributed by atoms with Gasteiger partial charge >= 0.3 is 5.97 Å². The minimum absolute atomic E-state index is 0.0801. The van der Waals surface area contributed by atoms with Gasteiger partial charge in [0.2, 0.25) is 0 Å². The number of hydrogen-bond donors (Lipinski definition) is 1. The molecule has 1 rings (SSSR count). The molecule has 0 saturated heterocycles. The van der Waals surface area contributed by atoms with E-state index < -0.39 is 5.97 Å². The summed E-state index contributed by atoms with van der Waals surface area (Å²) in [5, 5.41) is 9.33. The van der Waals surface area contributed by atoms with E-state index in [1.165, 1.54) is 11.5 Å². The van der Waals surface area contributed by atoms with E-state index in [1.54, 1.807) is 0 Å². The second-order valence-electron chi connectivity index (χ2n) is 2.77. The molecule has 0 aliphatic heterocycles. The summed E-state index contributed by atoms with van der Waals surface area (Å²) in [6, 6.07) is 0. The molecule has 0 fully saturated rings. The first-order valence-corrected chi connectivity index (χ1v) is 4.41. The number of carboxylic acid groups (broad SMARTS) is 1. The highest BCUT2D eigenvalue weighted by molar-refractivity contribution is 7.05. The van der Waals surface area contributed by atoms with Crippen LogP contribution in [0.4, 0.5) is 0 Å². The maximum atomic E-state index is 10.3. The Labute approximate surface area is 74.4 Å². The summed E-state index contributed by atoms with van der Waals surface area (Å²) in [4.78, 5) is 14.3. The van der Waals surface area contributed by atoms with Crippen LogP contribution in [-0.4, -0.2) is 20.4 Å². The molecule has 0 unspecified atom stereocenters. The molecule has 0 amide bonds. The lowest BCUT2D eigenvalue weighted by Crippen LogP contribution is -2.01. The standard InChI is InChI=1S/C7H10N2O2S/c1-4(2)7-8-5(9-12-7)3-6(10)11/h4H,3H2,1-2H3,(H,10,11). The smallest absolute Gasteiger partial charge is 0.311 e. The number of carboxylic acids is 1. The molecule has 1 aromatic rings. The molecule has 66 valence electrons. The fourth-order valence-corrected chi connectivity index (χ4v) is 1.37. The Morgan fingerprint density at radius 3 is 2.75 bits per heavy atom. The Balaban J connectivity index is 2.70. The zero-order chi connectivity index (χ0) is 9.14. The van der Waals surface area contributed by atoms with Crippen LogP contribution in [0.3, 0.4) is 0 Å². The quantitative estimate of drug-likeness (QED) is 0.772. The van der Waals surface area contributed by atoms with E-state index >= 15 is 0 Å². The van der Waals surface area contributed by atoms with Gasteiger partial charge in [0.05, 0.1) is 0 Å². The first-order chi connectivity index (χ1) is 5.59. The van der Waals surface area contributed by atoms with E-state index in [-0.39, 0.29) is 6.42 Å². The van der Waals surface area contributed by atoms with Crippen LogP contribution < -0.4 is 0 Å². The summed E-state index contributed by atoms with van der Waals surface area (Å²) in [6.45, 7) is 4.01. The van der Waals surface area contributed by atoms with Crippen molar-refractivity contribution in [2.75, 3.05) is 0 Å². The van der Waals surface area contributed by atoms with Gasteiger partial charge in [-0.15, -0.1) is 0 Å². The molecule has 1 N–H and O–H groups in total. The lowest BCUT2D eigenvalue weighted by atomic mass is 10.2. The SMILES string of the molecule is CC(C)c1nc(CC(=O)O)ns1. The Hall–Kier alpha value is -0.970. The van der Waals surface area contributed by atoms with E-state index in [0.717, 1.165) is 5.01 Å². The van der Waals surface area contributed by atoms with Crippen LogP contribution in [0.25, 0.3) is 0 Å². The van der Waals surface area contributed by atoms with Crippen LogP contribution in [0.15, 0.2) is 0 Å². The molecular weight excluding hydrogens is 176 g/mol. The molecule has 0 aromatic carbocycles. The minimum Gasteiger partial charge on any atom is -0.481 e. The average Bonchev–Trinajstić information content (AvgIpc) is 2.34. The molecule has 0 saturated carbocycles. The molecular formula is C7H10N2O2S.